The van der Waals surface area contributed by atoms with Gasteiger partial charge < -0.3 is 9.47 Å². The van der Waals surface area contributed by atoms with Crippen molar-refractivity contribution in [1.29, 1.82) is 0 Å². The van der Waals surface area contributed by atoms with Crippen molar-refractivity contribution in [3.05, 3.63) is 23.0 Å². The number of carbonyl (C=O) groups is 1. The van der Waals surface area contributed by atoms with Crippen LogP contribution in [0.25, 0.3) is 0 Å². The Morgan fingerprint density at radius 2 is 2.05 bits per heavy atom. The molecule has 0 spiro atoms. The third kappa shape index (κ3) is 4.97. The molecule has 0 bridgehead atoms. The van der Waals surface area contributed by atoms with Crippen LogP contribution in [0.3, 0.4) is 0 Å². The van der Waals surface area contributed by atoms with Crippen molar-refractivity contribution in [1.82, 2.24) is 4.98 Å². The fourth-order valence-electron chi connectivity index (χ4n) is 1.69. The summed E-state index contributed by atoms with van der Waals surface area (Å²) in [5.74, 6) is -2.42. The molecule has 22 heavy (non-hydrogen) atoms. The smallest absolute Gasteiger partial charge is 0.466 e. The second-order valence-corrected chi connectivity index (χ2v) is 4.19. The molecule has 0 amide bonds. The molecule has 1 heterocycles. The second-order valence-electron chi connectivity index (χ2n) is 3.93. The monoisotopic (exact) mass is 347 g/mol. The molecular weight excluding hydrogens is 337 g/mol. The molecule has 0 saturated heterocycles. The highest BCUT2D eigenvalue weighted by molar-refractivity contribution is 6.17. The Labute approximate surface area is 127 Å². The Hall–Kier alpha value is -1.64. The normalized spacial score (nSPS) is 11.6. The largest absolute Gasteiger partial charge is 0.573 e. The van der Waals surface area contributed by atoms with Gasteiger partial charge in [-0.1, -0.05) is 0 Å². The summed E-state index contributed by atoms with van der Waals surface area (Å²) in [6.45, 7) is 1.55. The maximum Gasteiger partial charge on any atom is 0.573 e. The number of nitrogens with zero attached hydrogens (tertiary/aromatic N) is 1. The van der Waals surface area contributed by atoms with Crippen molar-refractivity contribution >= 4 is 17.6 Å². The molecule has 1 aromatic heterocycles. The van der Waals surface area contributed by atoms with E-state index in [1.54, 1.807) is 0 Å². The highest BCUT2D eigenvalue weighted by Crippen LogP contribution is 2.35. The number of hydrogen-bond acceptors (Lipinski definition) is 4. The number of carbonyl (C=O) groups excluding carboxylic acids is 1. The van der Waals surface area contributed by atoms with Crippen LogP contribution in [0.5, 0.6) is 5.75 Å². The minimum absolute atomic E-state index is 0.0283. The van der Waals surface area contributed by atoms with Crippen LogP contribution in [-0.4, -0.2) is 23.9 Å². The zero-order valence-corrected chi connectivity index (χ0v) is 12.0. The summed E-state index contributed by atoms with van der Waals surface area (Å²) in [5, 5.41) is 0. The Kier molecular flexibility index (Phi) is 6.34. The average molecular weight is 348 g/mol. The van der Waals surface area contributed by atoms with Gasteiger partial charge in [0.05, 0.1) is 30.8 Å². The van der Waals surface area contributed by atoms with E-state index in [1.165, 1.54) is 6.92 Å². The van der Waals surface area contributed by atoms with Gasteiger partial charge in [-0.25, -0.2) is 8.78 Å². The molecule has 0 aliphatic heterocycles. The first kappa shape index (κ1) is 18.4. The maximum atomic E-state index is 13.1. The summed E-state index contributed by atoms with van der Waals surface area (Å²) in [5.41, 5.74) is -1.83. The zero-order valence-electron chi connectivity index (χ0n) is 11.2. The number of esters is 1. The number of hydrogen-bond donors (Lipinski definition) is 0. The van der Waals surface area contributed by atoms with E-state index < -0.39 is 53.6 Å². The molecule has 0 aliphatic carbocycles. The van der Waals surface area contributed by atoms with Gasteiger partial charge in [-0.05, 0) is 6.92 Å². The Bertz CT molecular complexity index is 536. The van der Waals surface area contributed by atoms with Crippen molar-refractivity contribution < 1.29 is 36.2 Å². The van der Waals surface area contributed by atoms with Gasteiger partial charge in [0.25, 0.3) is 6.43 Å². The molecule has 0 radical (unpaired) electrons. The summed E-state index contributed by atoms with van der Waals surface area (Å²) in [4.78, 5) is 14.8. The van der Waals surface area contributed by atoms with Crippen molar-refractivity contribution in [3.8, 4) is 5.75 Å². The van der Waals surface area contributed by atoms with E-state index in [9.17, 15) is 26.7 Å². The minimum atomic E-state index is -5.08. The molecule has 0 atom stereocenters. The lowest BCUT2D eigenvalue weighted by Gasteiger charge is -2.17. The summed E-state index contributed by atoms with van der Waals surface area (Å²) >= 11 is 5.46. The van der Waals surface area contributed by atoms with Crippen LogP contribution < -0.4 is 4.74 Å². The highest BCUT2D eigenvalue weighted by Gasteiger charge is 2.34. The lowest BCUT2D eigenvalue weighted by molar-refractivity contribution is -0.275. The van der Waals surface area contributed by atoms with Gasteiger partial charge in [0.2, 0.25) is 0 Å². The molecule has 124 valence electrons. The van der Waals surface area contributed by atoms with Crippen molar-refractivity contribution in [3.63, 3.8) is 0 Å². The number of rotatable bonds is 6. The molecule has 0 unspecified atom stereocenters. The molecule has 1 rings (SSSR count). The number of pyridine rings is 1. The minimum Gasteiger partial charge on any atom is -0.466 e. The highest BCUT2D eigenvalue weighted by atomic mass is 35.5. The average Bonchev–Trinajstić information content (AvgIpc) is 2.38. The van der Waals surface area contributed by atoms with Crippen LogP contribution in [0.4, 0.5) is 22.0 Å². The molecule has 10 heteroatoms. The van der Waals surface area contributed by atoms with Gasteiger partial charge in [-0.3, -0.25) is 9.78 Å². The van der Waals surface area contributed by atoms with E-state index in [1.807, 2.05) is 0 Å². The molecule has 0 saturated carbocycles. The van der Waals surface area contributed by atoms with Crippen LogP contribution in [0.15, 0.2) is 6.20 Å². The van der Waals surface area contributed by atoms with Crippen LogP contribution in [0.1, 0.15) is 30.2 Å². The predicted molar refractivity (Wildman–Crippen MR) is 65.8 cm³/mol. The Morgan fingerprint density at radius 1 is 1.41 bits per heavy atom. The number of ether oxygens (including phenoxy) is 2. The van der Waals surface area contributed by atoms with E-state index in [4.69, 9.17) is 11.6 Å². The Morgan fingerprint density at radius 3 is 2.50 bits per heavy atom. The van der Waals surface area contributed by atoms with E-state index in [-0.39, 0.29) is 6.61 Å². The SMILES string of the molecule is CCOC(=O)Cc1ncc(OC(F)(F)F)c(CCl)c1C(F)F. The summed E-state index contributed by atoms with van der Waals surface area (Å²) < 4.78 is 71.2. The summed E-state index contributed by atoms with van der Waals surface area (Å²) in [7, 11) is 0. The fourth-order valence-corrected chi connectivity index (χ4v) is 1.96. The first-order valence-electron chi connectivity index (χ1n) is 5.95. The third-order valence-electron chi connectivity index (χ3n) is 2.47. The first-order chi connectivity index (χ1) is 10.2. The molecular formula is C12H11ClF5NO3. The van der Waals surface area contributed by atoms with Gasteiger partial charge in [0.15, 0.2) is 5.75 Å². The standard InChI is InChI=1S/C12H11ClF5NO3/c1-2-21-9(20)3-7-10(11(14)15)6(4-13)8(5-19-7)22-12(16,17)18/h5,11H,2-4H2,1H3. The van der Waals surface area contributed by atoms with Crippen LogP contribution in [-0.2, 0) is 21.8 Å². The summed E-state index contributed by atoms with van der Waals surface area (Å²) in [6.07, 6.45) is -8.26. The van der Waals surface area contributed by atoms with Gasteiger partial charge >= 0.3 is 12.3 Å². The van der Waals surface area contributed by atoms with Gasteiger partial charge in [0.1, 0.15) is 0 Å². The topological polar surface area (TPSA) is 48.4 Å². The lowest BCUT2D eigenvalue weighted by atomic mass is 10.0. The Balaban J connectivity index is 3.28. The van der Waals surface area contributed by atoms with Gasteiger partial charge in [-0.2, -0.15) is 0 Å². The van der Waals surface area contributed by atoms with Gasteiger partial charge in [0, 0.05) is 11.1 Å². The maximum absolute atomic E-state index is 13.1. The zero-order chi connectivity index (χ0) is 16.9. The first-order valence-corrected chi connectivity index (χ1v) is 6.49. The fraction of sp³-hybridized carbons (Fsp3) is 0.500. The third-order valence-corrected chi connectivity index (χ3v) is 2.73. The van der Waals surface area contributed by atoms with Crippen LogP contribution in [0.2, 0.25) is 0 Å². The van der Waals surface area contributed by atoms with Gasteiger partial charge in [-0.15, -0.1) is 24.8 Å². The van der Waals surface area contributed by atoms with E-state index >= 15 is 0 Å². The van der Waals surface area contributed by atoms with E-state index in [0.29, 0.717) is 6.20 Å². The molecule has 0 aliphatic rings. The molecule has 0 aromatic carbocycles. The molecule has 4 nitrogen and oxygen atoms in total. The van der Waals surface area contributed by atoms with Crippen molar-refractivity contribution in [2.75, 3.05) is 6.61 Å². The van der Waals surface area contributed by atoms with Crippen LogP contribution in [0, 0.1) is 0 Å². The van der Waals surface area contributed by atoms with E-state index in [2.05, 4.69) is 14.5 Å². The number of aromatic nitrogens is 1. The number of halogens is 6. The van der Waals surface area contributed by atoms with E-state index in [0.717, 1.165) is 0 Å². The second kappa shape index (κ2) is 7.57. The van der Waals surface area contributed by atoms with Crippen molar-refractivity contribution in [2.24, 2.45) is 0 Å². The van der Waals surface area contributed by atoms with Crippen LogP contribution >= 0.6 is 11.6 Å². The molecule has 0 fully saturated rings. The predicted octanol–water partition coefficient (Wildman–Crippen LogP) is 3.76. The lowest BCUT2D eigenvalue weighted by Crippen LogP contribution is -2.20. The quantitative estimate of drug-likeness (QED) is 0.446. The van der Waals surface area contributed by atoms with Crippen molar-refractivity contribution in [2.45, 2.75) is 32.0 Å². The molecule has 0 N–H and O–H groups in total. The number of alkyl halides is 6. The summed E-state index contributed by atoms with van der Waals surface area (Å²) in [6, 6.07) is 0. The molecule has 1 aromatic rings.